The Balaban J connectivity index is 1.61. The Hall–Kier alpha value is -3.37. The Labute approximate surface area is 186 Å². The number of benzene rings is 4. The maximum atomic E-state index is 6.21. The first-order valence-corrected chi connectivity index (χ1v) is 11.3. The summed E-state index contributed by atoms with van der Waals surface area (Å²) in [5.74, 6) is 0. The molecule has 152 valence electrons. The van der Waals surface area contributed by atoms with Crippen molar-refractivity contribution >= 4 is 45.9 Å². The number of nitrogen functional groups attached to an aromatic ring is 1. The molecule has 3 nitrogen and oxygen atoms in total. The lowest BCUT2D eigenvalue weighted by Gasteiger charge is -2.45. The van der Waals surface area contributed by atoms with Gasteiger partial charge in [-0.2, -0.15) is 0 Å². The molecule has 0 bridgehead atoms. The summed E-state index contributed by atoms with van der Waals surface area (Å²) in [7, 11) is 0. The predicted octanol–water partition coefficient (Wildman–Crippen LogP) is 7.59. The van der Waals surface area contributed by atoms with E-state index in [2.05, 4.69) is 84.7 Å². The number of para-hydroxylation sites is 4. The third-order valence-corrected chi connectivity index (χ3v) is 7.45. The second-order valence-electron chi connectivity index (χ2n) is 8.63. The summed E-state index contributed by atoms with van der Waals surface area (Å²) in [5, 5.41) is 3.56. The third kappa shape index (κ3) is 2.68. The number of nitrogens with zero attached hydrogens (tertiary/aromatic N) is 1. The highest BCUT2D eigenvalue weighted by molar-refractivity contribution is 7.99. The van der Waals surface area contributed by atoms with E-state index in [1.54, 1.807) is 0 Å². The van der Waals surface area contributed by atoms with Crippen molar-refractivity contribution in [2.24, 2.45) is 0 Å². The second-order valence-corrected chi connectivity index (χ2v) is 9.71. The van der Waals surface area contributed by atoms with Crippen LogP contribution in [0.3, 0.4) is 0 Å². The molecular weight excluding hydrogens is 398 g/mol. The summed E-state index contributed by atoms with van der Waals surface area (Å²) in [6.45, 7) is 4.65. The summed E-state index contributed by atoms with van der Waals surface area (Å²) in [5.41, 5.74) is 15.3. The molecule has 0 aliphatic carbocycles. The third-order valence-electron chi connectivity index (χ3n) is 6.36. The first-order valence-electron chi connectivity index (χ1n) is 10.5. The van der Waals surface area contributed by atoms with Crippen LogP contribution in [-0.2, 0) is 5.41 Å². The molecule has 31 heavy (non-hydrogen) atoms. The average molecular weight is 422 g/mol. The molecule has 2 aliphatic rings. The molecule has 0 radical (unpaired) electrons. The van der Waals surface area contributed by atoms with Gasteiger partial charge in [0.1, 0.15) is 0 Å². The van der Waals surface area contributed by atoms with Gasteiger partial charge < -0.3 is 16.0 Å². The van der Waals surface area contributed by atoms with Crippen molar-refractivity contribution in [3.63, 3.8) is 0 Å². The van der Waals surface area contributed by atoms with Gasteiger partial charge in [-0.1, -0.05) is 68.1 Å². The van der Waals surface area contributed by atoms with Crippen LogP contribution < -0.4 is 16.0 Å². The van der Waals surface area contributed by atoms with E-state index in [0.717, 1.165) is 17.1 Å². The van der Waals surface area contributed by atoms with Crippen molar-refractivity contribution in [2.45, 2.75) is 29.1 Å². The molecule has 0 aromatic heterocycles. The van der Waals surface area contributed by atoms with Crippen molar-refractivity contribution in [3.05, 3.63) is 96.1 Å². The number of fused-ring (bicyclic) bond motifs is 4. The van der Waals surface area contributed by atoms with Gasteiger partial charge in [-0.3, -0.25) is 0 Å². The van der Waals surface area contributed by atoms with Crippen LogP contribution in [0, 0.1) is 0 Å². The maximum Gasteiger partial charge on any atom is 0.0644 e. The Morgan fingerprint density at radius 1 is 0.774 bits per heavy atom. The van der Waals surface area contributed by atoms with E-state index in [1.165, 1.54) is 38.0 Å². The van der Waals surface area contributed by atoms with E-state index in [1.807, 2.05) is 36.0 Å². The highest BCUT2D eigenvalue weighted by Crippen LogP contribution is 2.60. The molecule has 0 fully saturated rings. The summed E-state index contributed by atoms with van der Waals surface area (Å²) in [4.78, 5) is 4.97. The number of hydrogen-bond acceptors (Lipinski definition) is 4. The number of rotatable bonds is 2. The van der Waals surface area contributed by atoms with Crippen LogP contribution in [0.25, 0.3) is 0 Å². The Morgan fingerprint density at radius 3 is 2.32 bits per heavy atom. The van der Waals surface area contributed by atoms with E-state index in [4.69, 9.17) is 5.73 Å². The van der Waals surface area contributed by atoms with Crippen molar-refractivity contribution in [3.8, 4) is 0 Å². The monoisotopic (exact) mass is 421 g/mol. The molecule has 2 heterocycles. The highest BCUT2D eigenvalue weighted by atomic mass is 32.2. The first-order chi connectivity index (χ1) is 15.0. The lowest BCUT2D eigenvalue weighted by molar-refractivity contribution is 0.629. The molecule has 0 spiro atoms. The van der Waals surface area contributed by atoms with E-state index in [0.29, 0.717) is 0 Å². The summed E-state index contributed by atoms with van der Waals surface area (Å²) in [6.07, 6.45) is 0. The zero-order valence-electron chi connectivity index (χ0n) is 17.5. The zero-order valence-corrected chi connectivity index (χ0v) is 18.3. The molecule has 0 atom stereocenters. The van der Waals surface area contributed by atoms with Gasteiger partial charge in [0.2, 0.25) is 0 Å². The summed E-state index contributed by atoms with van der Waals surface area (Å²) in [6, 6.07) is 29.9. The molecule has 0 amide bonds. The minimum Gasteiger partial charge on any atom is -0.397 e. The fourth-order valence-corrected chi connectivity index (χ4v) is 5.92. The standard InChI is InChI=1S/C27H23N3S/c1-27(2)18-9-3-6-12-22(18)30-23-13-7-8-14-24(23)31-25-16-17(15-19(27)26(25)30)29-21-11-5-4-10-20(21)28/h3-16,29H,28H2,1-2H3. The topological polar surface area (TPSA) is 41.3 Å². The van der Waals surface area contributed by atoms with Crippen molar-refractivity contribution in [1.82, 2.24) is 0 Å². The van der Waals surface area contributed by atoms with E-state index < -0.39 is 0 Å². The van der Waals surface area contributed by atoms with Gasteiger partial charge in [0, 0.05) is 20.9 Å². The van der Waals surface area contributed by atoms with Crippen LogP contribution >= 0.6 is 11.8 Å². The number of nitrogens with one attached hydrogen (secondary N) is 1. The van der Waals surface area contributed by atoms with Crippen LogP contribution in [0.15, 0.2) is 94.7 Å². The largest absolute Gasteiger partial charge is 0.397 e. The molecule has 2 aliphatic heterocycles. The SMILES string of the molecule is CC1(C)c2ccccc2N2c3ccccc3Sc3cc(Nc4ccccc4N)cc1c32. The summed E-state index contributed by atoms with van der Waals surface area (Å²) < 4.78 is 0. The Morgan fingerprint density at radius 2 is 1.48 bits per heavy atom. The van der Waals surface area contributed by atoms with E-state index in [9.17, 15) is 0 Å². The number of nitrogens with two attached hydrogens (primary N) is 1. The molecule has 4 heteroatoms. The smallest absolute Gasteiger partial charge is 0.0644 e. The normalized spacial score (nSPS) is 15.0. The molecule has 6 rings (SSSR count). The first kappa shape index (κ1) is 18.4. The number of anilines is 6. The minimum absolute atomic E-state index is 0.121. The van der Waals surface area contributed by atoms with Gasteiger partial charge >= 0.3 is 0 Å². The van der Waals surface area contributed by atoms with Crippen LogP contribution in [0.5, 0.6) is 0 Å². The van der Waals surface area contributed by atoms with Gasteiger partial charge in [-0.25, -0.2) is 0 Å². The van der Waals surface area contributed by atoms with Gasteiger partial charge in [0.05, 0.1) is 28.4 Å². The lowest BCUT2D eigenvalue weighted by atomic mass is 9.73. The van der Waals surface area contributed by atoms with Crippen molar-refractivity contribution < 1.29 is 0 Å². The van der Waals surface area contributed by atoms with E-state index in [-0.39, 0.29) is 5.41 Å². The fourth-order valence-electron chi connectivity index (χ4n) is 4.79. The Bertz CT molecular complexity index is 1340. The van der Waals surface area contributed by atoms with Crippen LogP contribution in [0.1, 0.15) is 25.0 Å². The number of hydrogen-bond donors (Lipinski definition) is 2. The zero-order chi connectivity index (χ0) is 21.2. The van der Waals surface area contributed by atoms with Crippen LogP contribution in [-0.4, -0.2) is 0 Å². The average Bonchev–Trinajstić information content (AvgIpc) is 2.78. The Kier molecular flexibility index (Phi) is 3.90. The predicted molar refractivity (Wildman–Crippen MR) is 132 cm³/mol. The van der Waals surface area contributed by atoms with Gasteiger partial charge in [-0.15, -0.1) is 0 Å². The van der Waals surface area contributed by atoms with Gasteiger partial charge in [0.15, 0.2) is 0 Å². The second kappa shape index (κ2) is 6.56. The fraction of sp³-hybridized carbons (Fsp3) is 0.111. The molecule has 0 saturated carbocycles. The van der Waals surface area contributed by atoms with Crippen LogP contribution in [0.2, 0.25) is 0 Å². The molecule has 4 aromatic rings. The quantitative estimate of drug-likeness (QED) is 0.288. The van der Waals surface area contributed by atoms with Gasteiger partial charge in [0.25, 0.3) is 0 Å². The minimum atomic E-state index is -0.121. The summed E-state index contributed by atoms with van der Waals surface area (Å²) >= 11 is 1.84. The maximum absolute atomic E-state index is 6.21. The van der Waals surface area contributed by atoms with Crippen LogP contribution in [0.4, 0.5) is 34.1 Å². The molecule has 0 saturated heterocycles. The molecule has 3 N–H and O–H groups in total. The van der Waals surface area contributed by atoms with E-state index >= 15 is 0 Å². The molecule has 0 unspecified atom stereocenters. The van der Waals surface area contributed by atoms with Gasteiger partial charge in [-0.05, 0) is 53.6 Å². The van der Waals surface area contributed by atoms with Crippen molar-refractivity contribution in [1.29, 1.82) is 0 Å². The molecule has 4 aromatic carbocycles. The molecular formula is C27H23N3S. The lowest BCUT2D eigenvalue weighted by Crippen LogP contribution is -2.32. The highest BCUT2D eigenvalue weighted by Gasteiger charge is 2.40. The van der Waals surface area contributed by atoms with Crippen molar-refractivity contribution in [2.75, 3.05) is 16.0 Å².